The van der Waals surface area contributed by atoms with Gasteiger partial charge in [-0.05, 0) is 17.7 Å². The summed E-state index contributed by atoms with van der Waals surface area (Å²) in [4.78, 5) is 0. The van der Waals surface area contributed by atoms with Crippen LogP contribution in [0.3, 0.4) is 0 Å². The van der Waals surface area contributed by atoms with E-state index in [2.05, 4.69) is 0 Å². The number of hydrogen-bond acceptors (Lipinski definition) is 3. The van der Waals surface area contributed by atoms with Crippen LogP contribution in [0.15, 0.2) is 54.6 Å². The Kier molecular flexibility index (Phi) is 4.03. The van der Waals surface area contributed by atoms with E-state index in [0.29, 0.717) is 11.5 Å². The van der Waals surface area contributed by atoms with E-state index < -0.39 is 6.10 Å². The molecule has 0 aromatic heterocycles. The maximum Gasteiger partial charge on any atom is 0.180 e. The van der Waals surface area contributed by atoms with Gasteiger partial charge >= 0.3 is 0 Å². The third-order valence-electron chi connectivity index (χ3n) is 2.68. The molecule has 1 unspecified atom stereocenters. The molecule has 0 bridgehead atoms. The van der Waals surface area contributed by atoms with Crippen molar-refractivity contribution in [3.05, 3.63) is 60.2 Å². The first kappa shape index (κ1) is 13.0. The number of amidine groups is 1. The predicted octanol–water partition coefficient (Wildman–Crippen LogP) is 2.75. The molecule has 1 atom stereocenters. The average molecular weight is 256 g/mol. The van der Waals surface area contributed by atoms with Gasteiger partial charge in [0.25, 0.3) is 0 Å². The third-order valence-corrected chi connectivity index (χ3v) is 2.68. The average Bonchev–Trinajstić information content (AvgIpc) is 2.45. The minimum absolute atomic E-state index is 0.0333. The summed E-state index contributed by atoms with van der Waals surface area (Å²) in [6.45, 7) is 0. The first-order valence-electron chi connectivity index (χ1n) is 5.90. The van der Waals surface area contributed by atoms with Crippen molar-refractivity contribution in [3.8, 4) is 11.5 Å². The molecule has 0 aliphatic carbocycles. The fourth-order valence-electron chi connectivity index (χ4n) is 1.75. The normalized spacial score (nSPS) is 11.6. The summed E-state index contributed by atoms with van der Waals surface area (Å²) in [5.41, 5.74) is 6.46. The molecular weight excluding hydrogens is 240 g/mol. The lowest BCUT2D eigenvalue weighted by molar-refractivity contribution is 0.269. The van der Waals surface area contributed by atoms with Crippen LogP contribution in [0.4, 0.5) is 0 Å². The molecule has 0 radical (unpaired) electrons. The molecule has 0 spiro atoms. The van der Waals surface area contributed by atoms with Gasteiger partial charge in [-0.25, -0.2) is 0 Å². The zero-order chi connectivity index (χ0) is 13.7. The van der Waals surface area contributed by atoms with Gasteiger partial charge in [0.05, 0.1) is 7.11 Å². The molecule has 0 fully saturated rings. The molecule has 0 aliphatic rings. The molecule has 0 saturated carbocycles. The van der Waals surface area contributed by atoms with Gasteiger partial charge in [0.1, 0.15) is 17.3 Å². The molecule has 19 heavy (non-hydrogen) atoms. The van der Waals surface area contributed by atoms with Gasteiger partial charge in [-0.15, -0.1) is 0 Å². The van der Waals surface area contributed by atoms with E-state index in [-0.39, 0.29) is 5.84 Å². The summed E-state index contributed by atoms with van der Waals surface area (Å²) in [5, 5.41) is 7.66. The van der Waals surface area contributed by atoms with Crippen molar-refractivity contribution in [3.63, 3.8) is 0 Å². The smallest absolute Gasteiger partial charge is 0.180 e. The van der Waals surface area contributed by atoms with Crippen molar-refractivity contribution in [1.29, 1.82) is 5.41 Å². The van der Waals surface area contributed by atoms with E-state index in [4.69, 9.17) is 20.6 Å². The Hall–Kier alpha value is -2.49. The number of benzene rings is 2. The summed E-state index contributed by atoms with van der Waals surface area (Å²) < 4.78 is 10.9. The van der Waals surface area contributed by atoms with E-state index in [1.54, 1.807) is 19.2 Å². The Morgan fingerprint density at radius 1 is 1.05 bits per heavy atom. The van der Waals surface area contributed by atoms with Crippen LogP contribution in [-0.2, 0) is 0 Å². The Morgan fingerprint density at radius 3 is 2.37 bits per heavy atom. The standard InChI is InChI=1S/C15H16N2O2/c1-18-12-8-5-9-13(10-12)19-14(15(16)17)11-6-3-2-4-7-11/h2-10,14H,1H3,(H3,16,17). The minimum atomic E-state index is -0.590. The quantitative estimate of drug-likeness (QED) is 0.638. The van der Waals surface area contributed by atoms with Crippen LogP contribution < -0.4 is 15.2 Å². The number of ether oxygens (including phenoxy) is 2. The Labute approximate surface area is 112 Å². The van der Waals surface area contributed by atoms with Crippen molar-refractivity contribution in [1.82, 2.24) is 0 Å². The third kappa shape index (κ3) is 3.25. The van der Waals surface area contributed by atoms with Crippen molar-refractivity contribution in [2.75, 3.05) is 7.11 Å². The summed E-state index contributed by atoms with van der Waals surface area (Å²) in [6, 6.07) is 16.7. The molecule has 3 N–H and O–H groups in total. The zero-order valence-corrected chi connectivity index (χ0v) is 10.7. The predicted molar refractivity (Wildman–Crippen MR) is 74.7 cm³/mol. The second-order valence-corrected chi connectivity index (χ2v) is 4.04. The highest BCUT2D eigenvalue weighted by atomic mass is 16.5. The number of methoxy groups -OCH3 is 1. The van der Waals surface area contributed by atoms with Crippen molar-refractivity contribution >= 4 is 5.84 Å². The number of nitrogens with one attached hydrogen (secondary N) is 1. The van der Waals surface area contributed by atoms with Gasteiger partial charge in [-0.2, -0.15) is 0 Å². The lowest BCUT2D eigenvalue weighted by Crippen LogP contribution is -2.25. The van der Waals surface area contributed by atoms with Crippen molar-refractivity contribution < 1.29 is 9.47 Å². The fourth-order valence-corrected chi connectivity index (χ4v) is 1.75. The summed E-state index contributed by atoms with van der Waals surface area (Å²) in [6.07, 6.45) is -0.590. The van der Waals surface area contributed by atoms with E-state index in [1.165, 1.54) is 0 Å². The van der Waals surface area contributed by atoms with Gasteiger partial charge in [-0.1, -0.05) is 36.4 Å². The number of nitrogens with two attached hydrogens (primary N) is 1. The molecule has 0 heterocycles. The van der Waals surface area contributed by atoms with E-state index >= 15 is 0 Å². The first-order valence-corrected chi connectivity index (χ1v) is 5.90. The highest BCUT2D eigenvalue weighted by Gasteiger charge is 2.16. The molecule has 2 rings (SSSR count). The largest absolute Gasteiger partial charge is 0.497 e. The van der Waals surface area contributed by atoms with E-state index in [9.17, 15) is 0 Å². The molecule has 98 valence electrons. The van der Waals surface area contributed by atoms with E-state index in [0.717, 1.165) is 5.56 Å². The molecule has 2 aromatic rings. The fraction of sp³-hybridized carbons (Fsp3) is 0.133. The van der Waals surface area contributed by atoms with Crippen LogP contribution in [0.1, 0.15) is 11.7 Å². The van der Waals surface area contributed by atoms with Gasteiger partial charge in [0.15, 0.2) is 6.10 Å². The molecule has 2 aromatic carbocycles. The first-order chi connectivity index (χ1) is 9.20. The Bertz CT molecular complexity index is 555. The maximum atomic E-state index is 7.66. The number of rotatable bonds is 5. The lowest BCUT2D eigenvalue weighted by atomic mass is 10.1. The van der Waals surface area contributed by atoms with Gasteiger partial charge in [-0.3, -0.25) is 5.41 Å². The van der Waals surface area contributed by atoms with Crippen LogP contribution in [0, 0.1) is 5.41 Å². The topological polar surface area (TPSA) is 68.3 Å². The highest BCUT2D eigenvalue weighted by Crippen LogP contribution is 2.25. The van der Waals surface area contributed by atoms with Crippen LogP contribution in [0.2, 0.25) is 0 Å². The summed E-state index contributed by atoms with van der Waals surface area (Å²) in [5.74, 6) is 1.28. The molecule has 0 amide bonds. The SMILES string of the molecule is COc1cccc(OC(C(=N)N)c2ccccc2)c1. The Balaban J connectivity index is 2.24. The zero-order valence-electron chi connectivity index (χ0n) is 10.7. The maximum absolute atomic E-state index is 7.66. The molecule has 4 nitrogen and oxygen atoms in total. The number of hydrogen-bond donors (Lipinski definition) is 2. The summed E-state index contributed by atoms with van der Waals surface area (Å²) >= 11 is 0. The Morgan fingerprint density at radius 2 is 1.74 bits per heavy atom. The van der Waals surface area contributed by atoms with Crippen molar-refractivity contribution in [2.24, 2.45) is 5.73 Å². The van der Waals surface area contributed by atoms with Crippen LogP contribution >= 0.6 is 0 Å². The van der Waals surface area contributed by atoms with Gasteiger partial charge in [0, 0.05) is 6.07 Å². The van der Waals surface area contributed by atoms with Crippen LogP contribution in [0.25, 0.3) is 0 Å². The van der Waals surface area contributed by atoms with Crippen LogP contribution in [0.5, 0.6) is 11.5 Å². The molecule has 4 heteroatoms. The van der Waals surface area contributed by atoms with Gasteiger partial charge in [0.2, 0.25) is 0 Å². The molecular formula is C15H16N2O2. The minimum Gasteiger partial charge on any atom is -0.497 e. The highest BCUT2D eigenvalue weighted by molar-refractivity contribution is 5.83. The second kappa shape index (κ2) is 5.91. The lowest BCUT2D eigenvalue weighted by Gasteiger charge is -2.18. The van der Waals surface area contributed by atoms with Crippen LogP contribution in [-0.4, -0.2) is 12.9 Å². The van der Waals surface area contributed by atoms with Gasteiger partial charge < -0.3 is 15.2 Å². The molecule has 0 aliphatic heterocycles. The second-order valence-electron chi connectivity index (χ2n) is 4.04. The monoisotopic (exact) mass is 256 g/mol. The van der Waals surface area contributed by atoms with Crippen molar-refractivity contribution in [2.45, 2.75) is 6.10 Å². The molecule has 0 saturated heterocycles. The summed E-state index contributed by atoms with van der Waals surface area (Å²) in [7, 11) is 1.60. The van der Waals surface area contributed by atoms with E-state index in [1.807, 2.05) is 42.5 Å².